The lowest BCUT2D eigenvalue weighted by molar-refractivity contribution is -0.139. The van der Waals surface area contributed by atoms with E-state index in [2.05, 4.69) is 20.9 Å². The Balaban J connectivity index is 2.51. The molecule has 0 aliphatic heterocycles. The maximum absolute atomic E-state index is 12.8. The van der Waals surface area contributed by atoms with Gasteiger partial charge in [-0.3, -0.25) is 4.79 Å². The van der Waals surface area contributed by atoms with E-state index in [1.165, 1.54) is 23.9 Å². The number of rotatable bonds is 4. The second-order valence-corrected chi connectivity index (χ2v) is 4.26. The third kappa shape index (κ3) is 4.17. The van der Waals surface area contributed by atoms with E-state index < -0.39 is 5.82 Å². The number of ether oxygens (including phenoxy) is 1. The van der Waals surface area contributed by atoms with Crippen LogP contribution in [-0.2, 0) is 9.53 Å². The zero-order valence-corrected chi connectivity index (χ0v) is 10.4. The summed E-state index contributed by atoms with van der Waals surface area (Å²) < 4.78 is 17.7. The highest BCUT2D eigenvalue weighted by atomic mass is 79.9. The number of pyridine rings is 1. The van der Waals surface area contributed by atoms with Gasteiger partial charge in [-0.1, -0.05) is 11.8 Å². The molecule has 0 radical (unpaired) electrons. The van der Waals surface area contributed by atoms with E-state index in [1.54, 1.807) is 6.92 Å². The summed E-state index contributed by atoms with van der Waals surface area (Å²) in [6.45, 7) is 2.11. The van der Waals surface area contributed by atoms with Gasteiger partial charge in [0.25, 0.3) is 0 Å². The van der Waals surface area contributed by atoms with Gasteiger partial charge in [0.15, 0.2) is 5.82 Å². The van der Waals surface area contributed by atoms with Crippen LogP contribution in [0.2, 0.25) is 0 Å². The van der Waals surface area contributed by atoms with Crippen LogP contribution in [0.25, 0.3) is 0 Å². The third-order valence-electron chi connectivity index (χ3n) is 1.42. The second kappa shape index (κ2) is 6.07. The molecule has 0 N–H and O–H groups in total. The van der Waals surface area contributed by atoms with Gasteiger partial charge in [0.1, 0.15) is 4.60 Å². The maximum atomic E-state index is 12.8. The molecule has 1 aromatic heterocycles. The van der Waals surface area contributed by atoms with Crippen molar-refractivity contribution in [1.82, 2.24) is 4.98 Å². The molecular formula is C9H9BrFNO2S. The van der Waals surface area contributed by atoms with Gasteiger partial charge in [0, 0.05) is 0 Å². The van der Waals surface area contributed by atoms with E-state index in [1.807, 2.05) is 0 Å². The molecule has 0 spiro atoms. The maximum Gasteiger partial charge on any atom is 0.316 e. The molecule has 0 atom stereocenters. The number of carbonyl (C=O) groups is 1. The molecule has 0 aliphatic rings. The molecule has 0 unspecified atom stereocenters. The molecule has 0 aromatic carbocycles. The van der Waals surface area contributed by atoms with Crippen LogP contribution in [0.1, 0.15) is 6.92 Å². The highest BCUT2D eigenvalue weighted by Crippen LogP contribution is 2.20. The Bertz CT molecular complexity index is 362. The van der Waals surface area contributed by atoms with Crippen LogP contribution in [0.15, 0.2) is 21.8 Å². The average Bonchev–Trinajstić information content (AvgIpc) is 2.20. The van der Waals surface area contributed by atoms with Crippen molar-refractivity contribution in [2.75, 3.05) is 12.4 Å². The highest BCUT2D eigenvalue weighted by Gasteiger charge is 2.06. The summed E-state index contributed by atoms with van der Waals surface area (Å²) in [6, 6.07) is 2.81. The minimum atomic E-state index is -0.421. The second-order valence-electron chi connectivity index (χ2n) is 2.52. The Morgan fingerprint density at radius 2 is 2.40 bits per heavy atom. The van der Waals surface area contributed by atoms with Crippen LogP contribution in [0.4, 0.5) is 4.39 Å². The first kappa shape index (κ1) is 12.4. The van der Waals surface area contributed by atoms with Crippen molar-refractivity contribution in [2.24, 2.45) is 0 Å². The smallest absolute Gasteiger partial charge is 0.316 e. The number of hydrogen-bond acceptors (Lipinski definition) is 4. The van der Waals surface area contributed by atoms with Crippen molar-refractivity contribution in [3.05, 3.63) is 22.6 Å². The molecule has 0 saturated heterocycles. The van der Waals surface area contributed by atoms with Crippen molar-refractivity contribution < 1.29 is 13.9 Å². The Hall–Kier alpha value is -0.620. The van der Waals surface area contributed by atoms with Gasteiger partial charge in [-0.2, -0.15) is 0 Å². The molecule has 0 bridgehead atoms. The van der Waals surface area contributed by atoms with Gasteiger partial charge >= 0.3 is 5.97 Å². The number of thioether (sulfide) groups is 1. The molecule has 0 fully saturated rings. The number of hydrogen-bond donors (Lipinski definition) is 0. The van der Waals surface area contributed by atoms with Crippen molar-refractivity contribution >= 4 is 33.7 Å². The molecule has 6 heteroatoms. The molecule has 1 aromatic rings. The standard InChI is InChI=1S/C9H9BrFNO2S/c1-2-14-8(13)5-15-7-4-3-6(11)9(10)12-7/h3-4H,2,5H2,1H3. The quantitative estimate of drug-likeness (QED) is 0.486. The molecule has 0 amide bonds. The molecule has 15 heavy (non-hydrogen) atoms. The van der Waals surface area contributed by atoms with Gasteiger partial charge in [0.2, 0.25) is 0 Å². The van der Waals surface area contributed by atoms with Gasteiger partial charge < -0.3 is 4.74 Å². The van der Waals surface area contributed by atoms with Crippen LogP contribution in [0.3, 0.4) is 0 Å². The largest absolute Gasteiger partial charge is 0.465 e. The monoisotopic (exact) mass is 293 g/mol. The normalized spacial score (nSPS) is 10.1. The molecule has 82 valence electrons. The fraction of sp³-hybridized carbons (Fsp3) is 0.333. The number of nitrogens with zero attached hydrogens (tertiary/aromatic N) is 1. The highest BCUT2D eigenvalue weighted by molar-refractivity contribution is 9.10. The summed E-state index contributed by atoms with van der Waals surface area (Å²) >= 11 is 4.18. The first-order valence-electron chi connectivity index (χ1n) is 4.24. The van der Waals surface area contributed by atoms with Crippen LogP contribution in [-0.4, -0.2) is 23.3 Å². The summed E-state index contributed by atoms with van der Waals surface area (Å²) in [4.78, 5) is 14.9. The Labute approximate surface area is 99.5 Å². The zero-order chi connectivity index (χ0) is 11.3. The number of carbonyl (C=O) groups excluding carboxylic acids is 1. The number of esters is 1. The van der Waals surface area contributed by atoms with E-state index in [9.17, 15) is 9.18 Å². The summed E-state index contributed by atoms with van der Waals surface area (Å²) in [5, 5.41) is 0.580. The first-order chi connectivity index (χ1) is 7.13. The van der Waals surface area contributed by atoms with Gasteiger partial charge in [-0.05, 0) is 35.0 Å². The van der Waals surface area contributed by atoms with E-state index in [0.29, 0.717) is 11.6 Å². The van der Waals surface area contributed by atoms with E-state index in [-0.39, 0.29) is 16.3 Å². The molecule has 1 rings (SSSR count). The number of halogens is 2. The summed E-state index contributed by atoms with van der Waals surface area (Å²) in [6.07, 6.45) is 0. The van der Waals surface area contributed by atoms with Crippen LogP contribution in [0, 0.1) is 5.82 Å². The van der Waals surface area contributed by atoms with Crippen LogP contribution >= 0.6 is 27.7 Å². The fourth-order valence-corrected chi connectivity index (χ4v) is 1.93. The van der Waals surface area contributed by atoms with E-state index in [0.717, 1.165) is 0 Å². The molecular weight excluding hydrogens is 285 g/mol. The van der Waals surface area contributed by atoms with Gasteiger partial charge in [-0.15, -0.1) is 0 Å². The Kier molecular flexibility index (Phi) is 5.04. The topological polar surface area (TPSA) is 39.2 Å². The minimum Gasteiger partial charge on any atom is -0.465 e. The summed E-state index contributed by atoms with van der Waals surface area (Å²) in [5.74, 6) is -0.543. The SMILES string of the molecule is CCOC(=O)CSc1ccc(F)c(Br)n1. The van der Waals surface area contributed by atoms with Crippen LogP contribution in [0.5, 0.6) is 0 Å². The lowest BCUT2D eigenvalue weighted by Crippen LogP contribution is -2.06. The zero-order valence-electron chi connectivity index (χ0n) is 8.00. The van der Waals surface area contributed by atoms with Gasteiger partial charge in [0.05, 0.1) is 17.4 Å². The van der Waals surface area contributed by atoms with Crippen LogP contribution < -0.4 is 0 Å². The number of aromatic nitrogens is 1. The van der Waals surface area contributed by atoms with Crippen molar-refractivity contribution in [3.8, 4) is 0 Å². The predicted molar refractivity (Wildman–Crippen MR) is 59.3 cm³/mol. The lowest BCUT2D eigenvalue weighted by Gasteiger charge is -2.02. The Morgan fingerprint density at radius 3 is 3.00 bits per heavy atom. The van der Waals surface area contributed by atoms with Crippen molar-refractivity contribution in [2.45, 2.75) is 11.9 Å². The summed E-state index contributed by atoms with van der Waals surface area (Å²) in [5.41, 5.74) is 0. The van der Waals surface area contributed by atoms with E-state index >= 15 is 0 Å². The molecule has 1 heterocycles. The first-order valence-corrected chi connectivity index (χ1v) is 6.01. The Morgan fingerprint density at radius 1 is 1.67 bits per heavy atom. The molecule has 0 saturated carbocycles. The van der Waals surface area contributed by atoms with E-state index in [4.69, 9.17) is 4.74 Å². The minimum absolute atomic E-state index is 0.149. The summed E-state index contributed by atoms with van der Waals surface area (Å²) in [7, 11) is 0. The fourth-order valence-electron chi connectivity index (χ4n) is 0.817. The van der Waals surface area contributed by atoms with Crippen molar-refractivity contribution in [3.63, 3.8) is 0 Å². The predicted octanol–water partition coefficient (Wildman–Crippen LogP) is 2.64. The third-order valence-corrected chi connectivity index (χ3v) is 2.88. The van der Waals surface area contributed by atoms with Gasteiger partial charge in [-0.25, -0.2) is 9.37 Å². The average molecular weight is 294 g/mol. The lowest BCUT2D eigenvalue weighted by atomic mass is 10.5. The molecule has 3 nitrogen and oxygen atoms in total. The van der Waals surface area contributed by atoms with Crippen molar-refractivity contribution in [1.29, 1.82) is 0 Å². The molecule has 0 aliphatic carbocycles.